The number of aryl methyl sites for hydroxylation is 1. The van der Waals surface area contributed by atoms with Gasteiger partial charge in [-0.25, -0.2) is 4.39 Å². The fraction of sp³-hybridized carbons (Fsp3) is 0.0556. The standard InChI is InChI=1S/C18H11ClFN3OS/c1-10-5-7-11(8-6-10)16-21-18-23(22-16)17(24)15(25-18)9-12-13(19)3-2-4-14(12)20/h2-9H,1H3/b15-9-. The molecule has 2 aromatic heterocycles. The maximum atomic E-state index is 13.9. The summed E-state index contributed by atoms with van der Waals surface area (Å²) in [5, 5.41) is 4.52. The van der Waals surface area contributed by atoms with Gasteiger partial charge in [0.05, 0.1) is 9.55 Å². The summed E-state index contributed by atoms with van der Waals surface area (Å²) in [5.74, 6) is 0.00469. The molecule has 0 fully saturated rings. The van der Waals surface area contributed by atoms with Gasteiger partial charge in [-0.15, -0.1) is 5.10 Å². The zero-order valence-corrected chi connectivity index (χ0v) is 14.6. The number of fused-ring (bicyclic) bond motifs is 1. The minimum absolute atomic E-state index is 0.185. The monoisotopic (exact) mass is 371 g/mol. The van der Waals surface area contributed by atoms with Gasteiger partial charge < -0.3 is 0 Å². The van der Waals surface area contributed by atoms with Crippen molar-refractivity contribution in [2.24, 2.45) is 0 Å². The first kappa shape index (κ1) is 15.9. The summed E-state index contributed by atoms with van der Waals surface area (Å²) in [7, 11) is 0. The second-order valence-electron chi connectivity index (χ2n) is 5.55. The number of hydrogen-bond donors (Lipinski definition) is 0. The molecule has 0 bridgehead atoms. The quantitative estimate of drug-likeness (QED) is 0.542. The van der Waals surface area contributed by atoms with E-state index in [0.29, 0.717) is 15.3 Å². The van der Waals surface area contributed by atoms with E-state index in [1.54, 1.807) is 6.07 Å². The highest BCUT2D eigenvalue weighted by molar-refractivity contribution is 7.15. The molecule has 0 saturated heterocycles. The largest absolute Gasteiger partial charge is 0.291 e. The Morgan fingerprint density at radius 3 is 2.64 bits per heavy atom. The molecule has 0 atom stereocenters. The van der Waals surface area contributed by atoms with Crippen LogP contribution in [0.15, 0.2) is 47.3 Å². The Balaban J connectivity index is 1.85. The van der Waals surface area contributed by atoms with E-state index in [1.807, 2.05) is 31.2 Å². The first-order valence-corrected chi connectivity index (χ1v) is 8.65. The Bertz CT molecular complexity index is 1180. The zero-order valence-electron chi connectivity index (χ0n) is 13.0. The third-order valence-corrected chi connectivity index (χ3v) is 5.06. The second-order valence-corrected chi connectivity index (χ2v) is 6.96. The van der Waals surface area contributed by atoms with Gasteiger partial charge in [-0.3, -0.25) is 4.79 Å². The minimum Gasteiger partial charge on any atom is -0.266 e. The molecule has 0 unspecified atom stereocenters. The first-order valence-electron chi connectivity index (χ1n) is 7.45. The molecule has 4 aromatic rings. The van der Waals surface area contributed by atoms with Crippen molar-refractivity contribution in [2.75, 3.05) is 0 Å². The number of hydrogen-bond acceptors (Lipinski definition) is 4. The van der Waals surface area contributed by atoms with Crippen LogP contribution in [0.25, 0.3) is 22.4 Å². The molecule has 4 nitrogen and oxygen atoms in total. The molecular weight excluding hydrogens is 361 g/mol. The molecule has 0 amide bonds. The molecule has 0 saturated carbocycles. The van der Waals surface area contributed by atoms with Crippen molar-refractivity contribution in [1.82, 2.24) is 14.6 Å². The first-order chi connectivity index (χ1) is 12.0. The number of nitrogens with zero attached hydrogens (tertiary/aromatic N) is 3. The van der Waals surface area contributed by atoms with Crippen LogP contribution < -0.4 is 10.1 Å². The molecule has 7 heteroatoms. The fourth-order valence-electron chi connectivity index (χ4n) is 2.44. The Hall–Kier alpha value is -2.57. The molecule has 0 aliphatic carbocycles. The van der Waals surface area contributed by atoms with Gasteiger partial charge in [0.2, 0.25) is 4.96 Å². The summed E-state index contributed by atoms with van der Waals surface area (Å²) in [6.45, 7) is 1.99. The van der Waals surface area contributed by atoms with Gasteiger partial charge in [-0.2, -0.15) is 9.50 Å². The van der Waals surface area contributed by atoms with Crippen molar-refractivity contribution in [3.63, 3.8) is 0 Å². The maximum absolute atomic E-state index is 13.9. The van der Waals surface area contributed by atoms with E-state index >= 15 is 0 Å². The van der Waals surface area contributed by atoms with Crippen molar-refractivity contribution in [3.05, 3.63) is 79.3 Å². The van der Waals surface area contributed by atoms with Crippen molar-refractivity contribution in [1.29, 1.82) is 0 Å². The maximum Gasteiger partial charge on any atom is 0.291 e. The van der Waals surface area contributed by atoms with Crippen LogP contribution in [0.2, 0.25) is 5.02 Å². The van der Waals surface area contributed by atoms with Crippen molar-refractivity contribution < 1.29 is 4.39 Å². The third-order valence-electron chi connectivity index (χ3n) is 3.77. The average molecular weight is 372 g/mol. The predicted molar refractivity (Wildman–Crippen MR) is 97.5 cm³/mol. The fourth-order valence-corrected chi connectivity index (χ4v) is 3.55. The van der Waals surface area contributed by atoms with Crippen molar-refractivity contribution >= 4 is 34.0 Å². The summed E-state index contributed by atoms with van der Waals surface area (Å²) in [6.07, 6.45) is 1.44. The molecule has 2 heterocycles. The normalized spacial score (nSPS) is 12.2. The van der Waals surface area contributed by atoms with Crippen LogP contribution in [0.5, 0.6) is 0 Å². The van der Waals surface area contributed by atoms with Crippen LogP contribution in [0.3, 0.4) is 0 Å². The molecule has 0 spiro atoms. The molecular formula is C18H11ClFN3OS. The van der Waals surface area contributed by atoms with Crippen LogP contribution in [0.1, 0.15) is 11.1 Å². The SMILES string of the molecule is Cc1ccc(-c2nc3s/c(=C\c4c(F)cccc4Cl)c(=O)n3n2)cc1. The van der Waals surface area contributed by atoms with Gasteiger partial charge in [0, 0.05) is 11.1 Å². The molecule has 4 rings (SSSR count). The molecule has 0 radical (unpaired) electrons. The summed E-state index contributed by atoms with van der Waals surface area (Å²) in [6, 6.07) is 12.1. The zero-order chi connectivity index (χ0) is 17.6. The highest BCUT2D eigenvalue weighted by atomic mass is 35.5. The smallest absolute Gasteiger partial charge is 0.266 e. The molecule has 2 aromatic carbocycles. The lowest BCUT2D eigenvalue weighted by molar-refractivity contribution is 0.625. The van der Waals surface area contributed by atoms with Crippen LogP contribution >= 0.6 is 22.9 Å². The Morgan fingerprint density at radius 1 is 1.20 bits per heavy atom. The van der Waals surface area contributed by atoms with Gasteiger partial charge in [0.1, 0.15) is 5.82 Å². The summed E-state index contributed by atoms with van der Waals surface area (Å²) in [5.41, 5.74) is 1.81. The van der Waals surface area contributed by atoms with Gasteiger partial charge in [0.15, 0.2) is 5.82 Å². The molecule has 25 heavy (non-hydrogen) atoms. The Kier molecular flexibility index (Phi) is 3.86. The van der Waals surface area contributed by atoms with E-state index in [2.05, 4.69) is 10.1 Å². The summed E-state index contributed by atoms with van der Waals surface area (Å²) < 4.78 is 15.5. The van der Waals surface area contributed by atoms with Crippen LogP contribution in [0, 0.1) is 12.7 Å². The van der Waals surface area contributed by atoms with E-state index in [9.17, 15) is 9.18 Å². The number of halogens is 2. The molecule has 0 aliphatic rings. The summed E-state index contributed by atoms with van der Waals surface area (Å²) in [4.78, 5) is 17.4. The second kappa shape index (κ2) is 6.06. The van der Waals surface area contributed by atoms with Gasteiger partial charge >= 0.3 is 0 Å². The highest BCUT2D eigenvalue weighted by Gasteiger charge is 2.13. The summed E-state index contributed by atoms with van der Waals surface area (Å²) >= 11 is 7.17. The number of rotatable bonds is 2. The van der Waals surface area contributed by atoms with E-state index in [4.69, 9.17) is 11.6 Å². The van der Waals surface area contributed by atoms with Gasteiger partial charge in [-0.05, 0) is 25.1 Å². The highest BCUT2D eigenvalue weighted by Crippen LogP contribution is 2.20. The molecule has 124 valence electrons. The van der Waals surface area contributed by atoms with Crippen molar-refractivity contribution in [2.45, 2.75) is 6.92 Å². The molecule has 0 aliphatic heterocycles. The lowest BCUT2D eigenvalue weighted by Crippen LogP contribution is -2.23. The Labute approximate surface area is 150 Å². The van der Waals surface area contributed by atoms with Gasteiger partial charge in [0.25, 0.3) is 5.56 Å². The van der Waals surface area contributed by atoms with E-state index < -0.39 is 5.82 Å². The van der Waals surface area contributed by atoms with E-state index in [-0.39, 0.29) is 16.1 Å². The lowest BCUT2D eigenvalue weighted by Gasteiger charge is -1.97. The van der Waals surface area contributed by atoms with E-state index in [0.717, 1.165) is 22.5 Å². The topological polar surface area (TPSA) is 47.3 Å². The van der Waals surface area contributed by atoms with Crippen LogP contribution in [-0.4, -0.2) is 14.6 Å². The molecule has 0 N–H and O–H groups in total. The average Bonchev–Trinajstić information content (AvgIpc) is 3.12. The number of thiazole rings is 1. The minimum atomic E-state index is -0.480. The Morgan fingerprint density at radius 2 is 1.96 bits per heavy atom. The number of aromatic nitrogens is 3. The van der Waals surface area contributed by atoms with Gasteiger partial charge in [-0.1, -0.05) is 58.8 Å². The van der Waals surface area contributed by atoms with E-state index in [1.165, 1.54) is 22.7 Å². The van der Waals surface area contributed by atoms with Crippen molar-refractivity contribution in [3.8, 4) is 11.4 Å². The van der Waals surface area contributed by atoms with Crippen LogP contribution in [-0.2, 0) is 0 Å². The number of benzene rings is 2. The predicted octanol–water partition coefficient (Wildman–Crippen LogP) is 3.47. The third kappa shape index (κ3) is 2.83. The lowest BCUT2D eigenvalue weighted by atomic mass is 10.1. The van der Waals surface area contributed by atoms with Crippen LogP contribution in [0.4, 0.5) is 4.39 Å².